The summed E-state index contributed by atoms with van der Waals surface area (Å²) in [7, 11) is 1.07. The summed E-state index contributed by atoms with van der Waals surface area (Å²) in [4.78, 5) is 8.64. The quantitative estimate of drug-likeness (QED) is 0.501. The molecule has 0 spiro atoms. The molecule has 1 aromatic heterocycles. The summed E-state index contributed by atoms with van der Waals surface area (Å²) in [6.45, 7) is 3.55. The number of hydrogen-bond acceptors (Lipinski definition) is 10. The average Bonchev–Trinajstić information content (AvgIpc) is 3.35. The SMILES string of the molecule is COc1ccc(-c2nc(S(=O)(=O)c3ccc4c(c3)OCCO4)c(N3CCN(C)CC3)o2)cc1OC. The number of oxazole rings is 1. The van der Waals surface area contributed by atoms with Crippen LogP contribution in [0.1, 0.15) is 0 Å². The lowest BCUT2D eigenvalue weighted by Gasteiger charge is -2.32. The first kappa shape index (κ1) is 23.3. The highest BCUT2D eigenvalue weighted by Gasteiger charge is 2.33. The molecule has 0 unspecified atom stereocenters. The summed E-state index contributed by atoms with van der Waals surface area (Å²) in [5.41, 5.74) is 0.571. The van der Waals surface area contributed by atoms with Crippen molar-refractivity contribution in [2.45, 2.75) is 9.92 Å². The Morgan fingerprint density at radius 2 is 1.60 bits per heavy atom. The van der Waals surface area contributed by atoms with Crippen LogP contribution in [0.2, 0.25) is 0 Å². The van der Waals surface area contributed by atoms with E-state index < -0.39 is 9.84 Å². The van der Waals surface area contributed by atoms with Gasteiger partial charge >= 0.3 is 0 Å². The summed E-state index contributed by atoms with van der Waals surface area (Å²) in [6.07, 6.45) is 0. The number of nitrogens with zero attached hydrogens (tertiary/aromatic N) is 3. The van der Waals surface area contributed by atoms with Crippen molar-refractivity contribution in [2.24, 2.45) is 0 Å². The predicted octanol–water partition coefficient (Wildman–Crippen LogP) is 2.71. The topological polar surface area (TPSA) is 104 Å². The minimum Gasteiger partial charge on any atom is -0.493 e. The van der Waals surface area contributed by atoms with Gasteiger partial charge in [-0.25, -0.2) is 8.42 Å². The molecule has 0 atom stereocenters. The number of sulfone groups is 1. The van der Waals surface area contributed by atoms with Crippen LogP contribution in [0.4, 0.5) is 5.88 Å². The molecule has 1 fully saturated rings. The molecule has 0 radical (unpaired) electrons. The van der Waals surface area contributed by atoms with Gasteiger partial charge in [-0.15, -0.1) is 0 Å². The van der Waals surface area contributed by atoms with Crippen LogP contribution in [-0.4, -0.2) is 79.0 Å². The van der Waals surface area contributed by atoms with Crippen molar-refractivity contribution in [1.82, 2.24) is 9.88 Å². The van der Waals surface area contributed by atoms with Crippen LogP contribution in [-0.2, 0) is 9.84 Å². The lowest BCUT2D eigenvalue weighted by atomic mass is 10.2. The third-order valence-electron chi connectivity index (χ3n) is 6.08. The van der Waals surface area contributed by atoms with E-state index in [9.17, 15) is 8.42 Å². The molecule has 3 aromatic rings. The normalized spacial score (nSPS) is 16.3. The zero-order valence-corrected chi connectivity index (χ0v) is 20.6. The van der Waals surface area contributed by atoms with Gasteiger partial charge in [0.1, 0.15) is 13.2 Å². The molecule has 3 heterocycles. The Kier molecular flexibility index (Phi) is 6.20. The summed E-state index contributed by atoms with van der Waals surface area (Å²) in [5, 5.41) is -0.136. The van der Waals surface area contributed by atoms with E-state index in [-0.39, 0.29) is 21.7 Å². The summed E-state index contributed by atoms with van der Waals surface area (Å²) in [5.74, 6) is 2.34. The molecule has 11 heteroatoms. The van der Waals surface area contributed by atoms with Crippen molar-refractivity contribution < 1.29 is 31.8 Å². The van der Waals surface area contributed by atoms with Gasteiger partial charge in [-0.3, -0.25) is 0 Å². The number of hydrogen-bond donors (Lipinski definition) is 0. The first-order valence-electron chi connectivity index (χ1n) is 11.2. The molecule has 0 saturated carbocycles. The molecule has 1 saturated heterocycles. The molecule has 35 heavy (non-hydrogen) atoms. The van der Waals surface area contributed by atoms with Crippen LogP contribution in [0.5, 0.6) is 23.0 Å². The minimum atomic E-state index is -4.03. The molecule has 0 N–H and O–H groups in total. The zero-order valence-electron chi connectivity index (χ0n) is 19.8. The second-order valence-corrected chi connectivity index (χ2v) is 10.2. The van der Waals surface area contributed by atoms with E-state index in [2.05, 4.69) is 9.88 Å². The maximum Gasteiger partial charge on any atom is 0.236 e. The zero-order chi connectivity index (χ0) is 24.6. The molecule has 5 rings (SSSR count). The fourth-order valence-corrected chi connectivity index (χ4v) is 5.41. The van der Waals surface area contributed by atoms with E-state index in [1.54, 1.807) is 31.4 Å². The van der Waals surface area contributed by atoms with E-state index in [1.807, 2.05) is 11.9 Å². The van der Waals surface area contributed by atoms with Gasteiger partial charge < -0.3 is 33.2 Å². The van der Waals surface area contributed by atoms with Crippen LogP contribution in [0.3, 0.4) is 0 Å². The van der Waals surface area contributed by atoms with Gasteiger partial charge in [-0.05, 0) is 37.4 Å². The largest absolute Gasteiger partial charge is 0.493 e. The van der Waals surface area contributed by atoms with E-state index >= 15 is 0 Å². The highest BCUT2D eigenvalue weighted by molar-refractivity contribution is 7.91. The van der Waals surface area contributed by atoms with Crippen LogP contribution >= 0.6 is 0 Å². The maximum atomic E-state index is 13.8. The number of rotatable bonds is 6. The Morgan fingerprint density at radius 1 is 0.886 bits per heavy atom. The van der Waals surface area contributed by atoms with Crippen molar-refractivity contribution >= 4 is 15.7 Å². The molecule has 2 aliphatic heterocycles. The fraction of sp³-hybridized carbons (Fsp3) is 0.375. The van der Waals surface area contributed by atoms with Gasteiger partial charge in [0.15, 0.2) is 23.0 Å². The van der Waals surface area contributed by atoms with Crippen LogP contribution in [0, 0.1) is 0 Å². The lowest BCUT2D eigenvalue weighted by Crippen LogP contribution is -2.44. The summed E-state index contributed by atoms with van der Waals surface area (Å²) in [6, 6.07) is 9.76. The number of likely N-dealkylation sites (N-methyl/N-ethyl adjacent to an activating group) is 1. The monoisotopic (exact) mass is 501 g/mol. The first-order chi connectivity index (χ1) is 16.9. The molecule has 0 aliphatic carbocycles. The first-order valence-corrected chi connectivity index (χ1v) is 12.7. The summed E-state index contributed by atoms with van der Waals surface area (Å²) < 4.78 is 55.6. The maximum absolute atomic E-state index is 13.8. The van der Waals surface area contributed by atoms with Gasteiger partial charge in [-0.2, -0.15) is 4.98 Å². The Morgan fingerprint density at radius 3 is 2.31 bits per heavy atom. The molecular weight excluding hydrogens is 474 g/mol. The summed E-state index contributed by atoms with van der Waals surface area (Å²) >= 11 is 0. The molecule has 0 bridgehead atoms. The van der Waals surface area contributed by atoms with Crippen molar-refractivity contribution in [1.29, 1.82) is 0 Å². The third-order valence-corrected chi connectivity index (χ3v) is 7.73. The Bertz CT molecular complexity index is 1330. The number of ether oxygens (including phenoxy) is 4. The Balaban J connectivity index is 1.61. The van der Waals surface area contributed by atoms with Crippen molar-refractivity contribution in [3.8, 4) is 34.5 Å². The van der Waals surface area contributed by atoms with E-state index in [4.69, 9.17) is 23.4 Å². The van der Waals surface area contributed by atoms with Crippen molar-refractivity contribution in [2.75, 3.05) is 65.6 Å². The molecular formula is C24H27N3O7S. The number of benzene rings is 2. The predicted molar refractivity (Wildman–Crippen MR) is 128 cm³/mol. The Hall–Kier alpha value is -3.44. The highest BCUT2D eigenvalue weighted by atomic mass is 32.2. The fourth-order valence-electron chi connectivity index (χ4n) is 4.08. The van der Waals surface area contributed by atoms with Crippen LogP contribution in [0.15, 0.2) is 50.7 Å². The van der Waals surface area contributed by atoms with E-state index in [0.29, 0.717) is 54.9 Å². The van der Waals surface area contributed by atoms with Gasteiger partial charge in [0, 0.05) is 37.8 Å². The number of anilines is 1. The smallest absolute Gasteiger partial charge is 0.236 e. The second-order valence-electron chi connectivity index (χ2n) is 8.30. The van der Waals surface area contributed by atoms with Crippen LogP contribution < -0.4 is 23.8 Å². The second kappa shape index (κ2) is 9.31. The van der Waals surface area contributed by atoms with E-state index in [1.165, 1.54) is 19.2 Å². The standard InChI is InChI=1S/C24H27N3O7S/c1-26-8-10-27(11-9-26)24-23(25-22(34-24)16-4-6-18(30-2)20(14-16)31-3)35(28,29)17-5-7-19-21(15-17)33-13-12-32-19/h4-7,14-15H,8-13H2,1-3H3. The highest BCUT2D eigenvalue weighted by Crippen LogP contribution is 2.40. The number of methoxy groups -OCH3 is 2. The van der Waals surface area contributed by atoms with E-state index in [0.717, 1.165) is 13.1 Å². The molecule has 10 nitrogen and oxygen atoms in total. The van der Waals surface area contributed by atoms with Gasteiger partial charge in [-0.1, -0.05) is 0 Å². The van der Waals surface area contributed by atoms with Crippen LogP contribution in [0.25, 0.3) is 11.5 Å². The molecule has 2 aromatic carbocycles. The van der Waals surface area contributed by atoms with Gasteiger partial charge in [0.25, 0.3) is 0 Å². The lowest BCUT2D eigenvalue weighted by molar-refractivity contribution is 0.171. The number of aromatic nitrogens is 1. The number of piperazine rings is 1. The Labute approximate surface area is 203 Å². The van der Waals surface area contributed by atoms with Crippen molar-refractivity contribution in [3.63, 3.8) is 0 Å². The third kappa shape index (κ3) is 4.37. The van der Waals surface area contributed by atoms with Gasteiger partial charge in [0.2, 0.25) is 26.6 Å². The van der Waals surface area contributed by atoms with Gasteiger partial charge in [0.05, 0.1) is 19.1 Å². The van der Waals surface area contributed by atoms with Crippen molar-refractivity contribution in [3.05, 3.63) is 36.4 Å². The minimum absolute atomic E-state index is 0.0595. The molecule has 2 aliphatic rings. The average molecular weight is 502 g/mol. The molecule has 0 amide bonds. The number of fused-ring (bicyclic) bond motifs is 1. The molecule has 186 valence electrons.